The molecule has 2 atom stereocenters. The minimum absolute atomic E-state index is 0.159. The maximum absolute atomic E-state index is 6.82. The molecule has 0 aromatic heterocycles. The highest BCUT2D eigenvalue weighted by molar-refractivity contribution is 6.08. The molecule has 0 radical (unpaired) electrons. The Hall–Kier alpha value is -5.00. The second kappa shape index (κ2) is 17.2. The van der Waals surface area contributed by atoms with E-state index in [0.29, 0.717) is 5.69 Å². The maximum atomic E-state index is 6.82. The van der Waals surface area contributed by atoms with Gasteiger partial charge >= 0.3 is 0 Å². The lowest BCUT2D eigenvalue weighted by Gasteiger charge is -2.30. The molecule has 48 heavy (non-hydrogen) atoms. The van der Waals surface area contributed by atoms with Crippen LogP contribution in [0.25, 0.3) is 27.6 Å². The standard InChI is InChI=1S/C34H33N3.C8H11N.C2H6/c1-24(16-18-26-22-25-10-6-7-13-30(25)32-15-9-8-14-31(26)32)17-19-27-23-29(20-21-33(27)35)34(36,37-2)28-11-4-3-5-12-28;1-7(9)8-5-3-2-4-6-8;1-2/h3-15,17,19-23,37H,1,16,18,35-36H2,2H3;2-7H,9H2,1H3;1-2H3/b19-17-;;. The first-order chi connectivity index (χ1) is 23.3. The highest BCUT2D eigenvalue weighted by atomic mass is 15.1. The highest BCUT2D eigenvalue weighted by Crippen LogP contribution is 2.31. The van der Waals surface area contributed by atoms with Gasteiger partial charge < -0.3 is 17.2 Å². The second-order valence-electron chi connectivity index (χ2n) is 11.8. The molecule has 6 aromatic carbocycles. The number of hydrogen-bond acceptors (Lipinski definition) is 4. The number of hydrogen-bond donors (Lipinski definition) is 4. The third-order valence-electron chi connectivity index (χ3n) is 8.56. The maximum Gasteiger partial charge on any atom is 0.119 e. The molecule has 0 saturated carbocycles. The first-order valence-electron chi connectivity index (χ1n) is 16.8. The number of fused-ring (bicyclic) bond motifs is 3. The molecule has 0 amide bonds. The van der Waals surface area contributed by atoms with Crippen molar-refractivity contribution in [1.82, 2.24) is 5.32 Å². The Balaban J connectivity index is 0.000000406. The molecule has 0 aliphatic heterocycles. The van der Waals surface area contributed by atoms with Gasteiger partial charge in [0.15, 0.2) is 0 Å². The third-order valence-corrected chi connectivity index (χ3v) is 8.56. The summed E-state index contributed by atoms with van der Waals surface area (Å²) in [7, 11) is 1.87. The fraction of sp³-hybridized carbons (Fsp3) is 0.182. The van der Waals surface area contributed by atoms with Crippen LogP contribution in [0.4, 0.5) is 5.69 Å². The summed E-state index contributed by atoms with van der Waals surface area (Å²) < 4.78 is 0. The van der Waals surface area contributed by atoms with Gasteiger partial charge in [-0.2, -0.15) is 0 Å². The van der Waals surface area contributed by atoms with Gasteiger partial charge in [0.2, 0.25) is 0 Å². The lowest BCUT2D eigenvalue weighted by molar-refractivity contribution is 0.457. The van der Waals surface area contributed by atoms with Crippen molar-refractivity contribution in [3.63, 3.8) is 0 Å². The molecule has 2 unspecified atom stereocenters. The van der Waals surface area contributed by atoms with E-state index >= 15 is 0 Å². The van der Waals surface area contributed by atoms with Gasteiger partial charge in [-0.1, -0.05) is 159 Å². The Bertz CT molecular complexity index is 1940. The van der Waals surface area contributed by atoms with E-state index in [1.807, 2.05) is 107 Å². The van der Waals surface area contributed by atoms with Gasteiger partial charge in [0, 0.05) is 11.7 Å². The van der Waals surface area contributed by atoms with Crippen LogP contribution in [0, 0.1) is 0 Å². The van der Waals surface area contributed by atoms with Crippen molar-refractivity contribution in [2.75, 3.05) is 12.8 Å². The van der Waals surface area contributed by atoms with E-state index in [2.05, 4.69) is 78.6 Å². The van der Waals surface area contributed by atoms with Gasteiger partial charge in [0.1, 0.15) is 5.66 Å². The quantitative estimate of drug-likeness (QED) is 0.0552. The van der Waals surface area contributed by atoms with Crippen molar-refractivity contribution in [1.29, 1.82) is 0 Å². The van der Waals surface area contributed by atoms with Crippen molar-refractivity contribution in [2.45, 2.75) is 45.3 Å². The number of rotatable bonds is 9. The molecule has 246 valence electrons. The van der Waals surface area contributed by atoms with Gasteiger partial charge in [-0.25, -0.2) is 0 Å². The van der Waals surface area contributed by atoms with Gasteiger partial charge in [-0.15, -0.1) is 0 Å². The molecular formula is C44H50N4. The first kappa shape index (κ1) is 35.8. The second-order valence-corrected chi connectivity index (χ2v) is 11.8. The van der Waals surface area contributed by atoms with Crippen molar-refractivity contribution >= 4 is 33.3 Å². The van der Waals surface area contributed by atoms with E-state index in [4.69, 9.17) is 17.2 Å². The summed E-state index contributed by atoms with van der Waals surface area (Å²) in [6.07, 6.45) is 5.89. The van der Waals surface area contributed by atoms with Crippen LogP contribution in [0.1, 0.15) is 61.1 Å². The molecule has 0 fully saturated rings. The van der Waals surface area contributed by atoms with E-state index < -0.39 is 5.66 Å². The predicted octanol–water partition coefficient (Wildman–Crippen LogP) is 9.89. The Morgan fingerprint density at radius 1 is 0.750 bits per heavy atom. The number of allylic oxidation sites excluding steroid dienone is 2. The summed E-state index contributed by atoms with van der Waals surface area (Å²) >= 11 is 0. The Labute approximate surface area is 287 Å². The molecule has 4 nitrogen and oxygen atoms in total. The summed E-state index contributed by atoms with van der Waals surface area (Å²) in [4.78, 5) is 0. The zero-order valence-electron chi connectivity index (χ0n) is 28.8. The van der Waals surface area contributed by atoms with Crippen LogP contribution in [0.2, 0.25) is 0 Å². The molecule has 0 aliphatic rings. The average molecular weight is 635 g/mol. The van der Waals surface area contributed by atoms with E-state index in [0.717, 1.165) is 35.1 Å². The van der Waals surface area contributed by atoms with Crippen molar-refractivity contribution in [3.05, 3.63) is 180 Å². The van der Waals surface area contributed by atoms with Crippen molar-refractivity contribution in [2.24, 2.45) is 11.5 Å². The Kier molecular flexibility index (Phi) is 12.9. The van der Waals surface area contributed by atoms with E-state index in [-0.39, 0.29) is 6.04 Å². The first-order valence-corrected chi connectivity index (χ1v) is 16.8. The zero-order valence-corrected chi connectivity index (χ0v) is 28.8. The summed E-state index contributed by atoms with van der Waals surface area (Å²) in [5.74, 6) is 0. The smallest absolute Gasteiger partial charge is 0.119 e. The van der Waals surface area contributed by atoms with Gasteiger partial charge in [0.05, 0.1) is 0 Å². The van der Waals surface area contributed by atoms with Crippen LogP contribution >= 0.6 is 0 Å². The van der Waals surface area contributed by atoms with Crippen LogP contribution in [-0.2, 0) is 12.1 Å². The fourth-order valence-corrected chi connectivity index (χ4v) is 5.80. The SMILES string of the molecule is C=C(/C=C\c1cc(C(N)(NC)c2ccccc2)ccc1N)CCc1cc2ccccc2c2ccccc12.CC.CC(N)c1ccccc1. The predicted molar refractivity (Wildman–Crippen MR) is 210 cm³/mol. The van der Waals surface area contributed by atoms with E-state index in [1.54, 1.807) is 0 Å². The highest BCUT2D eigenvalue weighted by Gasteiger charge is 2.27. The molecular weight excluding hydrogens is 585 g/mol. The minimum Gasteiger partial charge on any atom is -0.398 e. The van der Waals surface area contributed by atoms with Crippen LogP contribution in [0.15, 0.2) is 152 Å². The average Bonchev–Trinajstić information content (AvgIpc) is 3.15. The van der Waals surface area contributed by atoms with Crippen LogP contribution in [-0.4, -0.2) is 7.05 Å². The number of benzene rings is 6. The number of nitrogens with one attached hydrogen (secondary N) is 1. The number of nitrogens with two attached hydrogens (primary N) is 3. The third kappa shape index (κ3) is 8.67. The van der Waals surface area contributed by atoms with Crippen LogP contribution in [0.5, 0.6) is 0 Å². The summed E-state index contributed by atoms with van der Waals surface area (Å²) in [6.45, 7) is 10.3. The summed E-state index contributed by atoms with van der Waals surface area (Å²) in [6, 6.07) is 45.8. The van der Waals surface area contributed by atoms with E-state index in [1.165, 1.54) is 32.7 Å². The van der Waals surface area contributed by atoms with Crippen LogP contribution < -0.4 is 22.5 Å². The lowest BCUT2D eigenvalue weighted by Crippen LogP contribution is -2.49. The number of nitrogen functional groups attached to an aromatic ring is 1. The summed E-state index contributed by atoms with van der Waals surface area (Å²) in [5, 5.41) is 8.46. The number of aryl methyl sites for hydroxylation is 1. The topological polar surface area (TPSA) is 90.1 Å². The van der Waals surface area contributed by atoms with Gasteiger partial charge in [0.25, 0.3) is 0 Å². The molecule has 7 N–H and O–H groups in total. The monoisotopic (exact) mass is 634 g/mol. The molecule has 4 heteroatoms. The van der Waals surface area contributed by atoms with Gasteiger partial charge in [-0.05, 0) is 88.3 Å². The van der Waals surface area contributed by atoms with Crippen LogP contribution in [0.3, 0.4) is 0 Å². The molecule has 0 aliphatic carbocycles. The normalized spacial score (nSPS) is 12.8. The fourth-order valence-electron chi connectivity index (χ4n) is 5.80. The molecule has 0 saturated heterocycles. The Morgan fingerprint density at radius 3 is 1.96 bits per heavy atom. The van der Waals surface area contributed by atoms with E-state index in [9.17, 15) is 0 Å². The number of anilines is 1. The summed E-state index contributed by atoms with van der Waals surface area (Å²) in [5.41, 5.74) is 25.1. The van der Waals surface area contributed by atoms with Crippen molar-refractivity contribution < 1.29 is 0 Å². The molecule has 0 heterocycles. The minimum atomic E-state index is -0.814. The molecule has 0 bridgehead atoms. The largest absolute Gasteiger partial charge is 0.398 e. The van der Waals surface area contributed by atoms with Crippen molar-refractivity contribution in [3.8, 4) is 0 Å². The lowest BCUT2D eigenvalue weighted by atomic mass is 9.90. The molecule has 0 spiro atoms. The zero-order chi connectivity index (χ0) is 34.5. The molecule has 6 aromatic rings. The molecule has 6 rings (SSSR count). The Morgan fingerprint density at radius 2 is 1.33 bits per heavy atom. The van der Waals surface area contributed by atoms with Gasteiger partial charge in [-0.3, -0.25) is 5.32 Å².